The number of carbonyl (C=O) groups is 2. The van der Waals surface area contributed by atoms with Crippen molar-refractivity contribution in [2.24, 2.45) is 0 Å². The fourth-order valence-corrected chi connectivity index (χ4v) is 5.40. The number of rotatable bonds is 7. The molecule has 1 amide bonds. The number of benzene rings is 1. The number of para-hydroxylation sites is 1. The first-order valence-electron chi connectivity index (χ1n) is 10.1. The number of fused-ring (bicyclic) bond motifs is 1. The number of Topliss-reactive ketones (excluding diaryl/α,β-unsaturated/α-hetero) is 1. The molecule has 5 nitrogen and oxygen atoms in total. The number of hydrogen-bond acceptors (Lipinski definition) is 5. The third-order valence-electron chi connectivity index (χ3n) is 4.97. The maximum atomic E-state index is 13.0. The third kappa shape index (κ3) is 4.87. The van der Waals surface area contributed by atoms with Gasteiger partial charge in [0, 0.05) is 22.4 Å². The largest absolute Gasteiger partial charge is 0.484 e. The SMILES string of the molecule is CCCC(=O)c1c(NC(=O)COc2ccccc2)sc2c1CC(C)(C)NC2(C)C. The number of thiophene rings is 1. The van der Waals surface area contributed by atoms with E-state index in [-0.39, 0.29) is 29.4 Å². The highest BCUT2D eigenvalue weighted by Gasteiger charge is 2.41. The average Bonchev–Trinajstić information content (AvgIpc) is 2.98. The standard InChI is InChI=1S/C23H30N2O3S/c1-6-10-17(26)19-16-13-22(2,3)25-23(4,5)20(16)29-21(19)24-18(27)14-28-15-11-8-7-9-12-15/h7-9,11-12,25H,6,10,13-14H2,1-5H3,(H,24,27). The van der Waals surface area contributed by atoms with Crippen LogP contribution >= 0.6 is 11.3 Å². The quantitative estimate of drug-likeness (QED) is 0.632. The molecular weight excluding hydrogens is 384 g/mol. The Morgan fingerprint density at radius 2 is 1.86 bits per heavy atom. The molecule has 0 aliphatic carbocycles. The van der Waals surface area contributed by atoms with Gasteiger partial charge in [-0.2, -0.15) is 0 Å². The minimum Gasteiger partial charge on any atom is -0.484 e. The maximum absolute atomic E-state index is 13.0. The van der Waals surface area contributed by atoms with E-state index in [0.717, 1.165) is 23.3 Å². The van der Waals surface area contributed by atoms with Crippen LogP contribution in [0.25, 0.3) is 0 Å². The third-order valence-corrected chi connectivity index (χ3v) is 6.44. The monoisotopic (exact) mass is 414 g/mol. The van der Waals surface area contributed by atoms with Crippen molar-refractivity contribution in [2.75, 3.05) is 11.9 Å². The average molecular weight is 415 g/mol. The predicted molar refractivity (Wildman–Crippen MR) is 118 cm³/mol. The van der Waals surface area contributed by atoms with Crippen LogP contribution in [0.4, 0.5) is 5.00 Å². The van der Waals surface area contributed by atoms with Gasteiger partial charge in [0.2, 0.25) is 0 Å². The van der Waals surface area contributed by atoms with Crippen LogP contribution in [-0.2, 0) is 16.8 Å². The molecule has 0 saturated carbocycles. The van der Waals surface area contributed by atoms with E-state index >= 15 is 0 Å². The molecule has 0 atom stereocenters. The summed E-state index contributed by atoms with van der Waals surface area (Å²) in [7, 11) is 0. The lowest BCUT2D eigenvalue weighted by molar-refractivity contribution is -0.118. The highest BCUT2D eigenvalue weighted by Crippen LogP contribution is 2.45. The molecule has 3 rings (SSSR count). The van der Waals surface area contributed by atoms with Gasteiger partial charge in [-0.15, -0.1) is 11.3 Å². The zero-order valence-corrected chi connectivity index (χ0v) is 18.7. The summed E-state index contributed by atoms with van der Waals surface area (Å²) in [6, 6.07) is 9.23. The molecule has 2 aromatic rings. The van der Waals surface area contributed by atoms with Crippen molar-refractivity contribution in [3.63, 3.8) is 0 Å². The molecule has 1 aromatic carbocycles. The smallest absolute Gasteiger partial charge is 0.262 e. The molecule has 6 heteroatoms. The van der Waals surface area contributed by atoms with Gasteiger partial charge in [0.25, 0.3) is 5.91 Å². The van der Waals surface area contributed by atoms with Crippen LogP contribution in [0.2, 0.25) is 0 Å². The van der Waals surface area contributed by atoms with E-state index in [1.54, 1.807) is 0 Å². The lowest BCUT2D eigenvalue weighted by Crippen LogP contribution is -2.55. The van der Waals surface area contributed by atoms with E-state index in [1.165, 1.54) is 11.3 Å². The van der Waals surface area contributed by atoms with Crippen molar-refractivity contribution in [1.29, 1.82) is 0 Å². The highest BCUT2D eigenvalue weighted by atomic mass is 32.1. The number of ketones is 1. The van der Waals surface area contributed by atoms with Crippen LogP contribution in [0, 0.1) is 0 Å². The number of nitrogens with one attached hydrogen (secondary N) is 2. The van der Waals surface area contributed by atoms with Gasteiger partial charge in [-0.25, -0.2) is 0 Å². The van der Waals surface area contributed by atoms with E-state index in [9.17, 15) is 9.59 Å². The second-order valence-corrected chi connectivity index (χ2v) is 9.77. The Morgan fingerprint density at radius 1 is 1.17 bits per heavy atom. The number of anilines is 1. The summed E-state index contributed by atoms with van der Waals surface area (Å²) in [5.41, 5.74) is 1.35. The Kier molecular flexibility index (Phi) is 6.15. The molecule has 0 saturated heterocycles. The van der Waals surface area contributed by atoms with Gasteiger partial charge in [-0.3, -0.25) is 9.59 Å². The summed E-state index contributed by atoms with van der Waals surface area (Å²) in [4.78, 5) is 26.7. The van der Waals surface area contributed by atoms with Crippen LogP contribution in [0.3, 0.4) is 0 Å². The van der Waals surface area contributed by atoms with E-state index in [1.807, 2.05) is 37.3 Å². The molecule has 156 valence electrons. The molecule has 2 heterocycles. The maximum Gasteiger partial charge on any atom is 0.262 e. The normalized spacial score (nSPS) is 16.7. The van der Waals surface area contributed by atoms with Gasteiger partial charge in [0.15, 0.2) is 12.4 Å². The molecule has 0 unspecified atom stereocenters. The van der Waals surface area contributed by atoms with Crippen LogP contribution in [-0.4, -0.2) is 23.8 Å². The Labute approximate surface area is 176 Å². The van der Waals surface area contributed by atoms with Gasteiger partial charge in [-0.05, 0) is 58.2 Å². The number of ether oxygens (including phenoxy) is 1. The predicted octanol–water partition coefficient (Wildman–Crippen LogP) is 4.91. The van der Waals surface area contributed by atoms with Gasteiger partial charge in [-0.1, -0.05) is 25.1 Å². The Bertz CT molecular complexity index is 900. The summed E-state index contributed by atoms with van der Waals surface area (Å²) in [6.45, 7) is 10.5. The molecule has 2 N–H and O–H groups in total. The first-order valence-corrected chi connectivity index (χ1v) is 10.9. The zero-order valence-electron chi connectivity index (χ0n) is 17.8. The first kappa shape index (κ1) is 21.5. The molecule has 1 aliphatic heterocycles. The van der Waals surface area contributed by atoms with Gasteiger partial charge in [0.05, 0.1) is 5.56 Å². The number of amides is 1. The molecule has 1 aromatic heterocycles. The molecule has 0 fully saturated rings. The minimum atomic E-state index is -0.271. The van der Waals surface area contributed by atoms with Crippen molar-refractivity contribution in [1.82, 2.24) is 5.32 Å². The van der Waals surface area contributed by atoms with Crippen LogP contribution in [0.1, 0.15) is 68.3 Å². The van der Waals surface area contributed by atoms with Crippen molar-refractivity contribution >= 4 is 28.0 Å². The van der Waals surface area contributed by atoms with Crippen molar-refractivity contribution < 1.29 is 14.3 Å². The molecule has 0 spiro atoms. The number of carbonyl (C=O) groups excluding carboxylic acids is 2. The zero-order chi connectivity index (χ0) is 21.2. The topological polar surface area (TPSA) is 67.4 Å². The molecule has 1 aliphatic rings. The Balaban J connectivity index is 1.89. The van der Waals surface area contributed by atoms with Crippen molar-refractivity contribution in [3.05, 3.63) is 46.3 Å². The second kappa shape index (κ2) is 8.28. The lowest BCUT2D eigenvalue weighted by Gasteiger charge is -2.42. The second-order valence-electron chi connectivity index (χ2n) is 8.75. The summed E-state index contributed by atoms with van der Waals surface area (Å²) >= 11 is 1.50. The van der Waals surface area contributed by atoms with Crippen LogP contribution in [0.5, 0.6) is 5.75 Å². The van der Waals surface area contributed by atoms with E-state index in [2.05, 4.69) is 38.3 Å². The summed E-state index contributed by atoms with van der Waals surface area (Å²) in [5.74, 6) is 0.475. The van der Waals surface area contributed by atoms with Crippen molar-refractivity contribution in [3.8, 4) is 5.75 Å². The fraction of sp³-hybridized carbons (Fsp3) is 0.478. The summed E-state index contributed by atoms with van der Waals surface area (Å²) < 4.78 is 5.56. The molecule has 29 heavy (non-hydrogen) atoms. The summed E-state index contributed by atoms with van der Waals surface area (Å²) in [5, 5.41) is 7.25. The summed E-state index contributed by atoms with van der Waals surface area (Å²) in [6.07, 6.45) is 2.00. The van der Waals surface area contributed by atoms with E-state index in [4.69, 9.17) is 4.74 Å². The highest BCUT2D eigenvalue weighted by molar-refractivity contribution is 7.17. The van der Waals surface area contributed by atoms with E-state index in [0.29, 0.717) is 22.7 Å². The van der Waals surface area contributed by atoms with Crippen LogP contribution in [0.15, 0.2) is 30.3 Å². The van der Waals surface area contributed by atoms with E-state index < -0.39 is 0 Å². The molecule has 0 radical (unpaired) electrons. The Hall–Kier alpha value is -2.18. The Morgan fingerprint density at radius 3 is 2.52 bits per heavy atom. The fourth-order valence-electron chi connectivity index (χ4n) is 4.09. The molecular formula is C23H30N2O3S. The first-order chi connectivity index (χ1) is 13.6. The van der Waals surface area contributed by atoms with Gasteiger partial charge < -0.3 is 15.4 Å². The number of hydrogen-bond donors (Lipinski definition) is 2. The molecule has 0 bridgehead atoms. The van der Waals surface area contributed by atoms with Crippen LogP contribution < -0.4 is 15.4 Å². The van der Waals surface area contributed by atoms with Crippen molar-refractivity contribution in [2.45, 2.75) is 65.0 Å². The minimum absolute atomic E-state index is 0.0952. The van der Waals surface area contributed by atoms with Gasteiger partial charge in [0.1, 0.15) is 10.8 Å². The lowest BCUT2D eigenvalue weighted by atomic mass is 9.80. The van der Waals surface area contributed by atoms with Gasteiger partial charge >= 0.3 is 0 Å².